The number of hydrogen-bond acceptors (Lipinski definition) is 3. The third-order valence-corrected chi connectivity index (χ3v) is 2.97. The summed E-state index contributed by atoms with van der Waals surface area (Å²) in [6.45, 7) is 5.87. The Labute approximate surface area is 112 Å². The molecule has 1 amide bonds. The molecular weight excluding hydrogens is 238 g/mol. The highest BCUT2D eigenvalue weighted by Gasteiger charge is 2.14. The first-order chi connectivity index (χ1) is 8.99. The number of nitrogen functional groups attached to an aromatic ring is 1. The van der Waals surface area contributed by atoms with E-state index in [0.29, 0.717) is 17.1 Å². The zero-order valence-corrected chi connectivity index (χ0v) is 11.3. The van der Waals surface area contributed by atoms with E-state index in [9.17, 15) is 4.79 Å². The van der Waals surface area contributed by atoms with Gasteiger partial charge in [0.05, 0.1) is 5.69 Å². The van der Waals surface area contributed by atoms with Gasteiger partial charge in [-0.3, -0.25) is 4.79 Å². The Bertz CT molecular complexity index is 612. The molecule has 0 saturated heterocycles. The van der Waals surface area contributed by atoms with Crippen molar-refractivity contribution in [1.82, 2.24) is 4.98 Å². The van der Waals surface area contributed by atoms with Gasteiger partial charge >= 0.3 is 0 Å². The molecule has 1 aromatic heterocycles. The van der Waals surface area contributed by atoms with E-state index in [0.717, 1.165) is 16.7 Å². The molecule has 3 N–H and O–H groups in total. The van der Waals surface area contributed by atoms with Gasteiger partial charge < -0.3 is 11.1 Å². The highest BCUT2D eigenvalue weighted by molar-refractivity contribution is 6.07. The Morgan fingerprint density at radius 3 is 2.42 bits per heavy atom. The predicted molar refractivity (Wildman–Crippen MR) is 77.3 cm³/mol. The maximum absolute atomic E-state index is 12.3. The Morgan fingerprint density at radius 2 is 1.84 bits per heavy atom. The number of nitrogens with zero attached hydrogens (tertiary/aromatic N) is 1. The lowest BCUT2D eigenvalue weighted by atomic mass is 9.99. The molecule has 19 heavy (non-hydrogen) atoms. The third-order valence-electron chi connectivity index (χ3n) is 2.97. The molecular formula is C15H17N3O. The van der Waals surface area contributed by atoms with Crippen molar-refractivity contribution in [2.75, 3.05) is 11.1 Å². The molecule has 1 heterocycles. The van der Waals surface area contributed by atoms with Gasteiger partial charge in [0.2, 0.25) is 0 Å². The van der Waals surface area contributed by atoms with Crippen LogP contribution in [0.2, 0.25) is 0 Å². The SMILES string of the molecule is Cc1cc(C)c(C(=O)Nc2ncccc2N)c(C)c1. The van der Waals surface area contributed by atoms with Crippen molar-refractivity contribution in [2.24, 2.45) is 0 Å². The van der Waals surface area contributed by atoms with Gasteiger partial charge in [-0.15, -0.1) is 0 Å². The highest BCUT2D eigenvalue weighted by atomic mass is 16.1. The van der Waals surface area contributed by atoms with Gasteiger partial charge in [-0.1, -0.05) is 17.7 Å². The molecule has 0 aliphatic rings. The summed E-state index contributed by atoms with van der Waals surface area (Å²) in [5.74, 6) is 0.215. The van der Waals surface area contributed by atoms with Crippen LogP contribution in [0.1, 0.15) is 27.0 Å². The Hall–Kier alpha value is -2.36. The van der Waals surface area contributed by atoms with Crippen LogP contribution in [0.4, 0.5) is 11.5 Å². The first kappa shape index (κ1) is 13.1. The van der Waals surface area contributed by atoms with E-state index in [1.807, 2.05) is 32.9 Å². The number of anilines is 2. The van der Waals surface area contributed by atoms with Gasteiger partial charge in [-0.2, -0.15) is 0 Å². The standard InChI is InChI=1S/C15H17N3O/c1-9-7-10(2)13(11(3)8-9)15(19)18-14-12(16)5-4-6-17-14/h4-8H,16H2,1-3H3,(H,17,18,19). The van der Waals surface area contributed by atoms with Crippen molar-refractivity contribution < 1.29 is 4.79 Å². The summed E-state index contributed by atoms with van der Waals surface area (Å²) in [6, 6.07) is 7.41. The molecule has 0 spiro atoms. The number of hydrogen-bond donors (Lipinski definition) is 2. The Balaban J connectivity index is 2.34. The van der Waals surface area contributed by atoms with Gasteiger partial charge in [-0.25, -0.2) is 4.98 Å². The van der Waals surface area contributed by atoms with Crippen LogP contribution in [0.3, 0.4) is 0 Å². The maximum Gasteiger partial charge on any atom is 0.257 e. The Kier molecular flexibility index (Phi) is 3.51. The molecule has 0 saturated carbocycles. The molecule has 4 heteroatoms. The van der Waals surface area contributed by atoms with Crippen LogP contribution in [0.5, 0.6) is 0 Å². The molecule has 0 fully saturated rings. The number of amides is 1. The van der Waals surface area contributed by atoms with Crippen LogP contribution in [-0.2, 0) is 0 Å². The van der Waals surface area contributed by atoms with Gasteiger partial charge in [0.25, 0.3) is 5.91 Å². The van der Waals surface area contributed by atoms with Crippen LogP contribution in [-0.4, -0.2) is 10.9 Å². The number of aromatic nitrogens is 1. The second-order valence-corrected chi connectivity index (χ2v) is 4.67. The molecule has 98 valence electrons. The fraction of sp³-hybridized carbons (Fsp3) is 0.200. The van der Waals surface area contributed by atoms with Crippen molar-refractivity contribution >= 4 is 17.4 Å². The molecule has 0 bridgehead atoms. The number of aryl methyl sites for hydroxylation is 3. The fourth-order valence-electron chi connectivity index (χ4n) is 2.23. The summed E-state index contributed by atoms with van der Waals surface area (Å²) in [6.07, 6.45) is 1.60. The molecule has 4 nitrogen and oxygen atoms in total. The number of rotatable bonds is 2. The minimum Gasteiger partial charge on any atom is -0.396 e. The number of carbonyl (C=O) groups is 1. The smallest absolute Gasteiger partial charge is 0.257 e. The summed E-state index contributed by atoms with van der Waals surface area (Å²) in [5, 5.41) is 2.75. The normalized spacial score (nSPS) is 10.3. The number of nitrogens with one attached hydrogen (secondary N) is 1. The third kappa shape index (κ3) is 2.73. The second kappa shape index (κ2) is 5.10. The summed E-state index contributed by atoms with van der Waals surface area (Å²) in [5.41, 5.74) is 9.94. The predicted octanol–water partition coefficient (Wildman–Crippen LogP) is 2.84. The van der Waals surface area contributed by atoms with E-state index < -0.39 is 0 Å². The van der Waals surface area contributed by atoms with E-state index in [1.165, 1.54) is 0 Å². The monoisotopic (exact) mass is 255 g/mol. The average molecular weight is 255 g/mol. The molecule has 1 aromatic carbocycles. The second-order valence-electron chi connectivity index (χ2n) is 4.67. The molecule has 0 unspecified atom stereocenters. The first-order valence-electron chi connectivity index (χ1n) is 6.08. The van der Waals surface area contributed by atoms with Crippen LogP contribution in [0.25, 0.3) is 0 Å². The van der Waals surface area contributed by atoms with Crippen LogP contribution in [0, 0.1) is 20.8 Å². The number of nitrogens with two attached hydrogens (primary N) is 1. The molecule has 0 aliphatic carbocycles. The van der Waals surface area contributed by atoms with Crippen LogP contribution >= 0.6 is 0 Å². The molecule has 0 atom stereocenters. The minimum atomic E-state index is -0.180. The van der Waals surface area contributed by atoms with Gasteiger partial charge in [-0.05, 0) is 44.0 Å². The molecule has 0 radical (unpaired) electrons. The van der Waals surface area contributed by atoms with E-state index in [1.54, 1.807) is 18.3 Å². The van der Waals surface area contributed by atoms with E-state index in [-0.39, 0.29) is 5.91 Å². The first-order valence-corrected chi connectivity index (χ1v) is 6.08. The zero-order chi connectivity index (χ0) is 14.0. The molecule has 2 aromatic rings. The summed E-state index contributed by atoms with van der Waals surface area (Å²) >= 11 is 0. The van der Waals surface area contributed by atoms with E-state index >= 15 is 0 Å². The minimum absolute atomic E-state index is 0.180. The number of benzene rings is 1. The quantitative estimate of drug-likeness (QED) is 0.867. The average Bonchev–Trinajstić information content (AvgIpc) is 2.30. The van der Waals surface area contributed by atoms with Crippen molar-refractivity contribution in [3.05, 3.63) is 52.7 Å². The highest BCUT2D eigenvalue weighted by Crippen LogP contribution is 2.19. The summed E-state index contributed by atoms with van der Waals surface area (Å²) in [7, 11) is 0. The lowest BCUT2D eigenvalue weighted by Crippen LogP contribution is -2.17. The van der Waals surface area contributed by atoms with Crippen LogP contribution in [0.15, 0.2) is 30.5 Å². The maximum atomic E-state index is 12.3. The Morgan fingerprint density at radius 1 is 1.21 bits per heavy atom. The molecule has 0 aliphatic heterocycles. The zero-order valence-electron chi connectivity index (χ0n) is 11.3. The van der Waals surface area contributed by atoms with Gasteiger partial charge in [0.1, 0.15) is 0 Å². The molecule has 2 rings (SSSR count). The van der Waals surface area contributed by atoms with Crippen LogP contribution < -0.4 is 11.1 Å². The number of pyridine rings is 1. The van der Waals surface area contributed by atoms with Crippen molar-refractivity contribution in [1.29, 1.82) is 0 Å². The van der Waals surface area contributed by atoms with E-state index in [4.69, 9.17) is 5.73 Å². The lowest BCUT2D eigenvalue weighted by Gasteiger charge is -2.12. The van der Waals surface area contributed by atoms with Gasteiger partial charge in [0.15, 0.2) is 5.82 Å². The van der Waals surface area contributed by atoms with E-state index in [2.05, 4.69) is 10.3 Å². The van der Waals surface area contributed by atoms with Crippen molar-refractivity contribution in [3.8, 4) is 0 Å². The largest absolute Gasteiger partial charge is 0.396 e. The summed E-state index contributed by atoms with van der Waals surface area (Å²) in [4.78, 5) is 16.4. The van der Waals surface area contributed by atoms with Crippen molar-refractivity contribution in [2.45, 2.75) is 20.8 Å². The lowest BCUT2D eigenvalue weighted by molar-refractivity contribution is 0.102. The fourth-order valence-corrected chi connectivity index (χ4v) is 2.23. The van der Waals surface area contributed by atoms with Gasteiger partial charge in [0, 0.05) is 11.8 Å². The summed E-state index contributed by atoms with van der Waals surface area (Å²) < 4.78 is 0. The topological polar surface area (TPSA) is 68.0 Å². The number of carbonyl (C=O) groups excluding carboxylic acids is 1. The van der Waals surface area contributed by atoms with Crippen molar-refractivity contribution in [3.63, 3.8) is 0 Å².